The Hall–Kier alpha value is -2.30. The first kappa shape index (κ1) is 16.6. The number of likely N-dealkylation sites (tertiary alicyclic amines) is 1. The number of carbonyl (C=O) groups excluding carboxylic acids is 1. The van der Waals surface area contributed by atoms with Crippen molar-refractivity contribution in [1.29, 1.82) is 0 Å². The molecule has 0 radical (unpaired) electrons. The first-order valence-electron chi connectivity index (χ1n) is 8.33. The van der Waals surface area contributed by atoms with E-state index < -0.39 is 11.9 Å². The molecule has 1 aromatic heterocycles. The normalized spacial score (nSPS) is 21.2. The van der Waals surface area contributed by atoms with Crippen LogP contribution in [0.15, 0.2) is 22.8 Å². The number of furan rings is 1. The van der Waals surface area contributed by atoms with E-state index in [-0.39, 0.29) is 18.2 Å². The Morgan fingerprint density at radius 2 is 1.96 bits per heavy atom. The van der Waals surface area contributed by atoms with Gasteiger partial charge in [-0.25, -0.2) is 0 Å². The largest absolute Gasteiger partial charge is 0.481 e. The van der Waals surface area contributed by atoms with Crippen LogP contribution in [0.1, 0.15) is 30.0 Å². The van der Waals surface area contributed by atoms with E-state index in [4.69, 9.17) is 4.42 Å². The Kier molecular flexibility index (Phi) is 4.35. The molecule has 1 aliphatic heterocycles. The zero-order chi connectivity index (χ0) is 17.4. The molecule has 5 heteroatoms. The van der Waals surface area contributed by atoms with Gasteiger partial charge in [-0.3, -0.25) is 9.59 Å². The van der Waals surface area contributed by atoms with Crippen molar-refractivity contribution in [3.05, 3.63) is 35.1 Å². The van der Waals surface area contributed by atoms with Crippen LogP contribution in [-0.2, 0) is 16.0 Å². The van der Waals surface area contributed by atoms with Gasteiger partial charge in [0.15, 0.2) is 0 Å². The number of aryl methyl sites for hydroxylation is 2. The fourth-order valence-electron chi connectivity index (χ4n) is 3.48. The number of hydrogen-bond acceptors (Lipinski definition) is 3. The van der Waals surface area contributed by atoms with Crippen LogP contribution < -0.4 is 0 Å². The van der Waals surface area contributed by atoms with Gasteiger partial charge in [-0.1, -0.05) is 6.92 Å². The molecule has 1 aromatic carbocycles. The molecule has 2 unspecified atom stereocenters. The fraction of sp³-hybridized carbons (Fsp3) is 0.474. The molecular weight excluding hydrogens is 306 g/mol. The highest BCUT2D eigenvalue weighted by atomic mass is 16.4. The number of carboxylic acid groups (broad SMARTS) is 1. The number of carboxylic acids is 1. The molecule has 0 aliphatic carbocycles. The molecule has 0 bridgehead atoms. The molecule has 2 heterocycles. The number of amides is 1. The van der Waals surface area contributed by atoms with Crippen LogP contribution in [0.2, 0.25) is 0 Å². The number of aliphatic carboxylic acids is 1. The van der Waals surface area contributed by atoms with E-state index in [0.29, 0.717) is 19.5 Å². The van der Waals surface area contributed by atoms with Crippen molar-refractivity contribution < 1.29 is 19.1 Å². The number of carbonyl (C=O) groups is 2. The van der Waals surface area contributed by atoms with Crippen LogP contribution in [0.5, 0.6) is 0 Å². The molecule has 1 N–H and O–H groups in total. The molecule has 2 aromatic rings. The third kappa shape index (κ3) is 3.16. The summed E-state index contributed by atoms with van der Waals surface area (Å²) < 4.78 is 5.59. The van der Waals surface area contributed by atoms with Gasteiger partial charge in [-0.2, -0.15) is 0 Å². The smallest absolute Gasteiger partial charge is 0.308 e. The maximum Gasteiger partial charge on any atom is 0.308 e. The highest BCUT2D eigenvalue weighted by Gasteiger charge is 2.32. The van der Waals surface area contributed by atoms with Gasteiger partial charge < -0.3 is 14.4 Å². The molecule has 1 amide bonds. The lowest BCUT2D eigenvalue weighted by atomic mass is 9.90. The van der Waals surface area contributed by atoms with Crippen LogP contribution in [0.3, 0.4) is 0 Å². The predicted octanol–water partition coefficient (Wildman–Crippen LogP) is 3.16. The molecule has 0 saturated carbocycles. The summed E-state index contributed by atoms with van der Waals surface area (Å²) in [6, 6.07) is 4.04. The number of hydrogen-bond donors (Lipinski definition) is 1. The molecule has 3 rings (SSSR count). The van der Waals surface area contributed by atoms with Gasteiger partial charge >= 0.3 is 5.97 Å². The van der Waals surface area contributed by atoms with Gasteiger partial charge in [0, 0.05) is 24.0 Å². The predicted molar refractivity (Wildman–Crippen MR) is 90.9 cm³/mol. The summed E-state index contributed by atoms with van der Waals surface area (Å²) in [6.45, 7) is 6.98. The van der Waals surface area contributed by atoms with Gasteiger partial charge in [0.05, 0.1) is 18.6 Å². The van der Waals surface area contributed by atoms with E-state index in [9.17, 15) is 14.7 Å². The maximum absolute atomic E-state index is 12.7. The Bertz CT molecular complexity index is 792. The van der Waals surface area contributed by atoms with Crippen LogP contribution in [0, 0.1) is 25.7 Å². The number of fused-ring (bicyclic) bond motifs is 1. The highest BCUT2D eigenvalue weighted by molar-refractivity contribution is 5.88. The molecule has 1 fully saturated rings. The van der Waals surface area contributed by atoms with Crippen molar-refractivity contribution in [2.45, 2.75) is 33.6 Å². The van der Waals surface area contributed by atoms with Crippen LogP contribution in [0.25, 0.3) is 11.0 Å². The number of benzene rings is 1. The Labute approximate surface area is 141 Å². The molecule has 1 aliphatic rings. The second-order valence-corrected chi connectivity index (χ2v) is 7.05. The first-order chi connectivity index (χ1) is 11.3. The van der Waals surface area contributed by atoms with Crippen LogP contribution >= 0.6 is 0 Å². The zero-order valence-electron chi connectivity index (χ0n) is 14.3. The summed E-state index contributed by atoms with van der Waals surface area (Å²) in [6.07, 6.45) is 2.52. The zero-order valence-corrected chi connectivity index (χ0v) is 14.3. The van der Waals surface area contributed by atoms with Crippen LogP contribution in [-0.4, -0.2) is 35.0 Å². The summed E-state index contributed by atoms with van der Waals surface area (Å²) >= 11 is 0. The van der Waals surface area contributed by atoms with Gasteiger partial charge in [-0.15, -0.1) is 0 Å². The van der Waals surface area contributed by atoms with Crippen molar-refractivity contribution in [1.82, 2.24) is 4.90 Å². The van der Waals surface area contributed by atoms with Crippen molar-refractivity contribution >= 4 is 22.8 Å². The molecule has 24 heavy (non-hydrogen) atoms. The lowest BCUT2D eigenvalue weighted by molar-refractivity contribution is -0.146. The monoisotopic (exact) mass is 329 g/mol. The SMILES string of the molecule is Cc1cc2occ(CC(=O)N3CC(C)CC(C(=O)O)C3)c2cc1C. The lowest BCUT2D eigenvalue weighted by Crippen LogP contribution is -2.46. The van der Waals surface area contributed by atoms with Gasteiger partial charge in [-0.05, 0) is 49.4 Å². The van der Waals surface area contributed by atoms with E-state index in [0.717, 1.165) is 27.7 Å². The average molecular weight is 329 g/mol. The number of nitrogens with zero attached hydrogens (tertiary/aromatic N) is 1. The minimum absolute atomic E-state index is 0.0336. The summed E-state index contributed by atoms with van der Waals surface area (Å²) in [5, 5.41) is 10.2. The molecule has 5 nitrogen and oxygen atoms in total. The quantitative estimate of drug-likeness (QED) is 0.939. The molecular formula is C19H23NO4. The van der Waals surface area contributed by atoms with Crippen molar-refractivity contribution in [3.63, 3.8) is 0 Å². The number of rotatable bonds is 3. The standard InChI is InChI=1S/C19H23NO4/c1-11-4-14(19(22)23)9-20(8-11)18(21)7-15-10-24-17-6-13(3)12(2)5-16(15)17/h5-6,10-11,14H,4,7-9H2,1-3H3,(H,22,23). The third-order valence-corrected chi connectivity index (χ3v) is 4.97. The fourth-order valence-corrected chi connectivity index (χ4v) is 3.48. The van der Waals surface area contributed by atoms with E-state index in [1.165, 1.54) is 0 Å². The summed E-state index contributed by atoms with van der Waals surface area (Å²) in [4.78, 5) is 25.6. The minimum Gasteiger partial charge on any atom is -0.481 e. The Morgan fingerprint density at radius 1 is 1.25 bits per heavy atom. The van der Waals surface area contributed by atoms with Crippen LogP contribution in [0.4, 0.5) is 0 Å². The molecule has 2 atom stereocenters. The number of piperidine rings is 1. The van der Waals surface area contributed by atoms with Crippen molar-refractivity contribution in [2.24, 2.45) is 11.8 Å². The van der Waals surface area contributed by atoms with Gasteiger partial charge in [0.25, 0.3) is 0 Å². The van der Waals surface area contributed by atoms with E-state index >= 15 is 0 Å². The molecule has 1 saturated heterocycles. The minimum atomic E-state index is -0.820. The van der Waals surface area contributed by atoms with Crippen molar-refractivity contribution in [3.8, 4) is 0 Å². The average Bonchev–Trinajstić information content (AvgIpc) is 2.89. The second-order valence-electron chi connectivity index (χ2n) is 7.05. The molecule has 0 spiro atoms. The Balaban J connectivity index is 1.79. The topological polar surface area (TPSA) is 70.8 Å². The van der Waals surface area contributed by atoms with Crippen molar-refractivity contribution in [2.75, 3.05) is 13.1 Å². The highest BCUT2D eigenvalue weighted by Crippen LogP contribution is 2.27. The Morgan fingerprint density at radius 3 is 2.67 bits per heavy atom. The maximum atomic E-state index is 12.7. The first-order valence-corrected chi connectivity index (χ1v) is 8.33. The van der Waals surface area contributed by atoms with Gasteiger partial charge in [0.2, 0.25) is 5.91 Å². The third-order valence-electron chi connectivity index (χ3n) is 4.97. The van der Waals surface area contributed by atoms with E-state index in [1.807, 2.05) is 26.8 Å². The summed E-state index contributed by atoms with van der Waals surface area (Å²) in [5.74, 6) is -1.12. The summed E-state index contributed by atoms with van der Waals surface area (Å²) in [5.41, 5.74) is 3.97. The van der Waals surface area contributed by atoms with E-state index in [1.54, 1.807) is 11.2 Å². The van der Waals surface area contributed by atoms with E-state index in [2.05, 4.69) is 6.07 Å². The van der Waals surface area contributed by atoms with Gasteiger partial charge in [0.1, 0.15) is 5.58 Å². The lowest BCUT2D eigenvalue weighted by Gasteiger charge is -2.34. The summed E-state index contributed by atoms with van der Waals surface area (Å²) in [7, 11) is 0. The second kappa shape index (κ2) is 6.30. The molecule has 128 valence electrons.